The molecular formula is C19H18N2O4. The van der Waals surface area contributed by atoms with Crippen molar-refractivity contribution < 1.29 is 19.2 Å². The number of rotatable bonds is 5. The maximum Gasteiger partial charge on any atom is 0.252 e. The number of nitrogens with two attached hydrogens (primary N) is 1. The highest BCUT2D eigenvalue weighted by Gasteiger charge is 2.19. The lowest BCUT2D eigenvalue weighted by Gasteiger charge is -2.08. The first-order valence-electron chi connectivity index (χ1n) is 7.81. The van der Waals surface area contributed by atoms with E-state index in [4.69, 9.17) is 15.0 Å². The molecular weight excluding hydrogens is 320 g/mol. The molecule has 1 aromatic heterocycles. The Balaban J connectivity index is 2.11. The second kappa shape index (κ2) is 6.68. The van der Waals surface area contributed by atoms with E-state index in [1.165, 1.54) is 7.11 Å². The van der Waals surface area contributed by atoms with Gasteiger partial charge in [0.05, 0.1) is 12.7 Å². The van der Waals surface area contributed by atoms with Crippen LogP contribution in [-0.4, -0.2) is 23.3 Å². The molecule has 0 aliphatic rings. The van der Waals surface area contributed by atoms with Gasteiger partial charge in [0.15, 0.2) is 5.76 Å². The Morgan fingerprint density at radius 3 is 2.48 bits per heavy atom. The Kier molecular flexibility index (Phi) is 4.43. The topological polar surface area (TPSA) is 98.6 Å². The van der Waals surface area contributed by atoms with Gasteiger partial charge in [-0.15, -0.1) is 0 Å². The van der Waals surface area contributed by atoms with Gasteiger partial charge in [0, 0.05) is 16.7 Å². The first kappa shape index (κ1) is 16.6. The molecule has 0 saturated carbocycles. The van der Waals surface area contributed by atoms with Gasteiger partial charge >= 0.3 is 0 Å². The van der Waals surface area contributed by atoms with Gasteiger partial charge in [-0.3, -0.25) is 4.79 Å². The molecule has 0 unspecified atom stereocenters. The second-order valence-electron chi connectivity index (χ2n) is 5.52. The van der Waals surface area contributed by atoms with Crippen LogP contribution in [0.25, 0.3) is 22.6 Å². The van der Waals surface area contributed by atoms with Crippen molar-refractivity contribution in [3.05, 3.63) is 53.6 Å². The van der Waals surface area contributed by atoms with Crippen LogP contribution < -0.4 is 10.5 Å². The average Bonchev–Trinajstić information content (AvgIpc) is 3.05. The van der Waals surface area contributed by atoms with Crippen LogP contribution in [0.1, 0.15) is 22.8 Å². The van der Waals surface area contributed by atoms with E-state index < -0.39 is 5.91 Å². The molecule has 2 aromatic carbocycles. The normalized spacial score (nSPS) is 10.6. The molecule has 0 bridgehead atoms. The molecule has 0 aliphatic carbocycles. The number of benzene rings is 2. The Morgan fingerprint density at radius 1 is 1.20 bits per heavy atom. The zero-order chi connectivity index (χ0) is 18.0. The summed E-state index contributed by atoms with van der Waals surface area (Å²) in [5.74, 6) is 0.602. The van der Waals surface area contributed by atoms with E-state index in [1.54, 1.807) is 42.5 Å². The maximum atomic E-state index is 11.6. The summed E-state index contributed by atoms with van der Waals surface area (Å²) < 4.78 is 10.7. The van der Waals surface area contributed by atoms with Crippen molar-refractivity contribution in [2.45, 2.75) is 13.3 Å². The van der Waals surface area contributed by atoms with Crippen LogP contribution in [0.4, 0.5) is 0 Å². The summed E-state index contributed by atoms with van der Waals surface area (Å²) in [7, 11) is 1.48. The Labute approximate surface area is 144 Å². The van der Waals surface area contributed by atoms with Crippen molar-refractivity contribution in [1.82, 2.24) is 5.16 Å². The molecule has 1 amide bonds. The number of primary amides is 1. The van der Waals surface area contributed by atoms with E-state index in [1.807, 2.05) is 6.92 Å². The fourth-order valence-corrected chi connectivity index (χ4v) is 2.75. The molecule has 0 radical (unpaired) electrons. The van der Waals surface area contributed by atoms with Crippen LogP contribution in [0.15, 0.2) is 47.0 Å². The van der Waals surface area contributed by atoms with Gasteiger partial charge in [0.1, 0.15) is 17.2 Å². The lowest BCUT2D eigenvalue weighted by molar-refractivity contribution is 0.0997. The number of nitrogens with zero attached hydrogens (tertiary/aromatic N) is 1. The lowest BCUT2D eigenvalue weighted by Crippen LogP contribution is -2.12. The zero-order valence-corrected chi connectivity index (χ0v) is 13.9. The minimum absolute atomic E-state index is 0.187. The number of aromatic hydroxyl groups is 1. The number of methoxy groups -OCH3 is 1. The minimum Gasteiger partial charge on any atom is -0.508 e. The predicted molar refractivity (Wildman–Crippen MR) is 93.5 cm³/mol. The maximum absolute atomic E-state index is 11.6. The number of carbonyl (C=O) groups is 1. The lowest BCUT2D eigenvalue weighted by atomic mass is 9.99. The summed E-state index contributed by atoms with van der Waals surface area (Å²) >= 11 is 0. The first-order valence-corrected chi connectivity index (χ1v) is 7.81. The summed E-state index contributed by atoms with van der Waals surface area (Å²) in [4.78, 5) is 11.6. The van der Waals surface area contributed by atoms with Crippen LogP contribution in [0.5, 0.6) is 11.5 Å². The number of hydrogen-bond donors (Lipinski definition) is 2. The van der Waals surface area contributed by atoms with Gasteiger partial charge in [-0.25, -0.2) is 0 Å². The molecule has 1 heterocycles. The predicted octanol–water partition coefficient (Wildman–Crippen LogP) is 3.38. The van der Waals surface area contributed by atoms with Gasteiger partial charge in [-0.05, 0) is 48.9 Å². The van der Waals surface area contributed by atoms with Crippen LogP contribution in [0.3, 0.4) is 0 Å². The standard InChI is InChI=1S/C19H18N2O4/c1-3-14-17(11-4-7-13(22)8-5-11)21-25-18(14)12-6-9-16(24-2)15(10-12)19(20)23/h4-10,22H,3H2,1-2H3,(H2,20,23). The molecule has 25 heavy (non-hydrogen) atoms. The zero-order valence-electron chi connectivity index (χ0n) is 13.9. The number of amides is 1. The summed E-state index contributed by atoms with van der Waals surface area (Å²) in [6.45, 7) is 2.00. The molecule has 0 fully saturated rings. The SMILES string of the molecule is CCc1c(-c2ccc(O)cc2)noc1-c1ccc(OC)c(C(N)=O)c1. The summed E-state index contributed by atoms with van der Waals surface area (Å²) in [5, 5.41) is 13.6. The first-order chi connectivity index (χ1) is 12.0. The summed E-state index contributed by atoms with van der Waals surface area (Å²) in [6, 6.07) is 11.9. The van der Waals surface area contributed by atoms with Crippen LogP contribution in [-0.2, 0) is 6.42 Å². The van der Waals surface area contributed by atoms with E-state index in [9.17, 15) is 9.90 Å². The number of carbonyl (C=O) groups excluding carboxylic acids is 1. The molecule has 3 N–H and O–H groups in total. The molecule has 3 aromatic rings. The Bertz CT molecular complexity index is 914. The third kappa shape index (κ3) is 3.06. The van der Waals surface area contributed by atoms with Crippen molar-refractivity contribution >= 4 is 5.91 Å². The quantitative estimate of drug-likeness (QED) is 0.743. The molecule has 0 atom stereocenters. The van der Waals surface area contributed by atoms with Gasteiger partial charge in [-0.1, -0.05) is 12.1 Å². The fraction of sp³-hybridized carbons (Fsp3) is 0.158. The van der Waals surface area contributed by atoms with Crippen molar-refractivity contribution in [3.63, 3.8) is 0 Å². The van der Waals surface area contributed by atoms with Gasteiger partial charge in [0.2, 0.25) is 0 Å². The average molecular weight is 338 g/mol. The largest absolute Gasteiger partial charge is 0.508 e. The van der Waals surface area contributed by atoms with E-state index in [2.05, 4.69) is 5.16 Å². The second-order valence-corrected chi connectivity index (χ2v) is 5.52. The summed E-state index contributed by atoms with van der Waals surface area (Å²) in [5.41, 5.74) is 8.86. The van der Waals surface area contributed by atoms with Crippen molar-refractivity contribution in [1.29, 1.82) is 0 Å². The molecule has 6 nitrogen and oxygen atoms in total. The van der Waals surface area contributed by atoms with Crippen LogP contribution in [0, 0.1) is 0 Å². The molecule has 6 heteroatoms. The van der Waals surface area contributed by atoms with Gasteiger partial charge in [0.25, 0.3) is 5.91 Å². The number of hydrogen-bond acceptors (Lipinski definition) is 5. The minimum atomic E-state index is -0.574. The number of phenols is 1. The number of aromatic nitrogens is 1. The van der Waals surface area contributed by atoms with Crippen LogP contribution in [0.2, 0.25) is 0 Å². The van der Waals surface area contributed by atoms with E-state index in [0.717, 1.165) is 11.1 Å². The third-order valence-electron chi connectivity index (χ3n) is 4.01. The Morgan fingerprint density at radius 2 is 1.88 bits per heavy atom. The molecule has 0 spiro atoms. The van der Waals surface area contributed by atoms with Crippen LogP contribution >= 0.6 is 0 Å². The van der Waals surface area contributed by atoms with Crippen molar-refractivity contribution in [2.24, 2.45) is 5.73 Å². The smallest absolute Gasteiger partial charge is 0.252 e. The molecule has 128 valence electrons. The van der Waals surface area contributed by atoms with E-state index >= 15 is 0 Å². The third-order valence-corrected chi connectivity index (χ3v) is 4.01. The molecule has 0 aliphatic heterocycles. The number of ether oxygens (including phenoxy) is 1. The van der Waals surface area contributed by atoms with Crippen molar-refractivity contribution in [3.8, 4) is 34.1 Å². The highest BCUT2D eigenvalue weighted by Crippen LogP contribution is 2.35. The molecule has 0 saturated heterocycles. The monoisotopic (exact) mass is 338 g/mol. The van der Waals surface area contributed by atoms with Crippen molar-refractivity contribution in [2.75, 3.05) is 7.11 Å². The van der Waals surface area contributed by atoms with Gasteiger partial charge < -0.3 is 20.1 Å². The van der Waals surface area contributed by atoms with E-state index in [-0.39, 0.29) is 11.3 Å². The van der Waals surface area contributed by atoms with E-state index in [0.29, 0.717) is 29.2 Å². The number of phenolic OH excluding ortho intramolecular Hbond substituents is 1. The highest BCUT2D eigenvalue weighted by molar-refractivity contribution is 5.97. The Hall–Kier alpha value is -3.28. The van der Waals surface area contributed by atoms with Gasteiger partial charge in [-0.2, -0.15) is 0 Å². The summed E-state index contributed by atoms with van der Waals surface area (Å²) in [6.07, 6.45) is 0.687. The highest BCUT2D eigenvalue weighted by atomic mass is 16.5. The molecule has 3 rings (SSSR count). The fourth-order valence-electron chi connectivity index (χ4n) is 2.75.